The first-order valence-corrected chi connectivity index (χ1v) is 9.14. The average molecular weight is 408 g/mol. The number of methoxy groups -OCH3 is 1. The molecule has 0 aliphatic rings. The van der Waals surface area contributed by atoms with Crippen molar-refractivity contribution in [2.75, 3.05) is 7.11 Å². The van der Waals surface area contributed by atoms with Crippen molar-refractivity contribution in [2.24, 2.45) is 0 Å². The van der Waals surface area contributed by atoms with Crippen LogP contribution in [0.25, 0.3) is 0 Å². The quantitative estimate of drug-likeness (QED) is 0.279. The third-order valence-electron chi connectivity index (χ3n) is 4.48. The van der Waals surface area contributed by atoms with Crippen molar-refractivity contribution in [3.8, 4) is 11.5 Å². The Morgan fingerprint density at radius 2 is 1.17 bits per heavy atom. The maximum absolute atomic E-state index is 13.1. The Kier molecular flexibility index (Phi) is 7.08. The number of carbonyl (C=O) groups excluding carboxylic acids is 3. The largest absolute Gasteiger partial charge is 0.423 e. The smallest absolute Gasteiger partial charge is 0.338 e. The number of esters is 2. The molecule has 2 aromatic rings. The van der Waals surface area contributed by atoms with Gasteiger partial charge in [0.05, 0.1) is 0 Å². The highest BCUT2D eigenvalue weighted by Gasteiger charge is 2.36. The standard InChI is InChI=1S/C24H24O6/c1-15(2)22(26)29-19-11-7-17(8-12-19)21(25)24(5,28-6)18-9-13-20(14-10-18)30-23(27)16(3)4/h7-14H,1,3H2,2,4-6H3. The Morgan fingerprint density at radius 1 is 0.767 bits per heavy atom. The summed E-state index contributed by atoms with van der Waals surface area (Å²) in [5.41, 5.74) is 0.260. The van der Waals surface area contributed by atoms with Crippen molar-refractivity contribution in [1.29, 1.82) is 0 Å². The molecule has 2 aromatic carbocycles. The molecule has 0 N–H and O–H groups in total. The van der Waals surface area contributed by atoms with E-state index in [0.29, 0.717) is 22.6 Å². The molecule has 0 saturated heterocycles. The molecule has 0 aromatic heterocycles. The molecular weight excluding hydrogens is 384 g/mol. The molecule has 0 amide bonds. The highest BCUT2D eigenvalue weighted by Crippen LogP contribution is 2.31. The summed E-state index contributed by atoms with van der Waals surface area (Å²) < 4.78 is 15.9. The molecule has 0 saturated carbocycles. The Balaban J connectivity index is 2.23. The van der Waals surface area contributed by atoms with Crippen molar-refractivity contribution in [1.82, 2.24) is 0 Å². The van der Waals surface area contributed by atoms with Gasteiger partial charge in [-0.1, -0.05) is 25.3 Å². The first-order valence-electron chi connectivity index (χ1n) is 9.14. The third-order valence-corrected chi connectivity index (χ3v) is 4.48. The van der Waals surface area contributed by atoms with Gasteiger partial charge in [0.15, 0.2) is 11.4 Å². The molecule has 0 aliphatic heterocycles. The van der Waals surface area contributed by atoms with Gasteiger partial charge in [0.25, 0.3) is 0 Å². The van der Waals surface area contributed by atoms with Crippen LogP contribution in [0.15, 0.2) is 72.8 Å². The number of Topliss-reactive ketones (excluding diaryl/α,β-unsaturated/α-hetero) is 1. The van der Waals surface area contributed by atoms with E-state index in [1.54, 1.807) is 57.2 Å². The van der Waals surface area contributed by atoms with Crippen LogP contribution in [-0.4, -0.2) is 24.8 Å². The summed E-state index contributed by atoms with van der Waals surface area (Å²) in [5, 5.41) is 0. The molecule has 30 heavy (non-hydrogen) atoms. The molecule has 2 rings (SSSR count). The van der Waals surface area contributed by atoms with Crippen LogP contribution in [0.1, 0.15) is 36.7 Å². The summed E-state index contributed by atoms with van der Waals surface area (Å²) in [4.78, 5) is 36.4. The van der Waals surface area contributed by atoms with Crippen LogP contribution >= 0.6 is 0 Å². The number of carbonyl (C=O) groups is 3. The molecule has 0 bridgehead atoms. The first-order chi connectivity index (χ1) is 14.1. The van der Waals surface area contributed by atoms with Gasteiger partial charge >= 0.3 is 11.9 Å². The maximum atomic E-state index is 13.1. The van der Waals surface area contributed by atoms with Crippen LogP contribution in [0.5, 0.6) is 11.5 Å². The number of ether oxygens (including phenoxy) is 3. The molecule has 6 nitrogen and oxygen atoms in total. The van der Waals surface area contributed by atoms with Crippen molar-refractivity contribution >= 4 is 17.7 Å². The second kappa shape index (κ2) is 9.33. The van der Waals surface area contributed by atoms with Gasteiger partial charge in [-0.3, -0.25) is 4.79 Å². The van der Waals surface area contributed by atoms with Crippen molar-refractivity contribution in [2.45, 2.75) is 26.4 Å². The van der Waals surface area contributed by atoms with E-state index in [1.807, 2.05) is 0 Å². The molecule has 0 aliphatic carbocycles. The number of hydrogen-bond acceptors (Lipinski definition) is 6. The number of benzene rings is 2. The molecule has 0 heterocycles. The van der Waals surface area contributed by atoms with Gasteiger partial charge in [0.2, 0.25) is 0 Å². The monoisotopic (exact) mass is 408 g/mol. The summed E-state index contributed by atoms with van der Waals surface area (Å²) in [6.45, 7) is 11.8. The summed E-state index contributed by atoms with van der Waals surface area (Å²) in [5.74, 6) is -0.706. The van der Waals surface area contributed by atoms with E-state index in [1.165, 1.54) is 19.2 Å². The Bertz CT molecular complexity index is 985. The SMILES string of the molecule is C=C(C)C(=O)Oc1ccc(C(=O)C(C)(OC)c2ccc(OC(=O)C(=C)C)cc2)cc1. The second-order valence-electron chi connectivity index (χ2n) is 6.95. The Labute approximate surface area is 175 Å². The topological polar surface area (TPSA) is 78.9 Å². The van der Waals surface area contributed by atoms with Crippen LogP contribution in [-0.2, 0) is 19.9 Å². The Morgan fingerprint density at radius 3 is 1.53 bits per heavy atom. The summed E-state index contributed by atoms with van der Waals surface area (Å²) in [7, 11) is 1.44. The number of ketones is 1. The number of rotatable bonds is 8. The van der Waals surface area contributed by atoms with E-state index >= 15 is 0 Å². The highest BCUT2D eigenvalue weighted by atomic mass is 16.5. The van der Waals surface area contributed by atoms with Gasteiger partial charge in [-0.15, -0.1) is 0 Å². The van der Waals surface area contributed by atoms with Crippen LogP contribution in [0.2, 0.25) is 0 Å². The van der Waals surface area contributed by atoms with Gasteiger partial charge in [-0.2, -0.15) is 0 Å². The number of hydrogen-bond donors (Lipinski definition) is 0. The van der Waals surface area contributed by atoms with E-state index in [-0.39, 0.29) is 16.9 Å². The lowest BCUT2D eigenvalue weighted by Crippen LogP contribution is -2.34. The summed E-state index contributed by atoms with van der Waals surface area (Å²) in [6, 6.07) is 12.7. The molecule has 0 spiro atoms. The average Bonchev–Trinajstić information content (AvgIpc) is 2.73. The zero-order valence-corrected chi connectivity index (χ0v) is 17.5. The fourth-order valence-corrected chi connectivity index (χ4v) is 2.52. The van der Waals surface area contributed by atoms with Crippen LogP contribution < -0.4 is 9.47 Å². The Hall–Kier alpha value is -3.51. The van der Waals surface area contributed by atoms with Gasteiger partial charge in [0, 0.05) is 23.8 Å². The first kappa shape index (κ1) is 22.8. The van der Waals surface area contributed by atoms with Gasteiger partial charge in [-0.25, -0.2) is 9.59 Å². The highest BCUT2D eigenvalue weighted by molar-refractivity contribution is 6.03. The van der Waals surface area contributed by atoms with Gasteiger partial charge in [-0.05, 0) is 62.7 Å². The predicted octanol–water partition coefficient (Wildman–Crippen LogP) is 4.39. The maximum Gasteiger partial charge on any atom is 0.338 e. The normalized spacial score (nSPS) is 12.4. The zero-order chi connectivity index (χ0) is 22.5. The molecule has 6 heteroatoms. The van der Waals surface area contributed by atoms with E-state index in [0.717, 1.165) is 0 Å². The lowest BCUT2D eigenvalue weighted by atomic mass is 9.87. The minimum atomic E-state index is -1.27. The molecular formula is C24H24O6. The van der Waals surface area contributed by atoms with E-state index in [4.69, 9.17) is 14.2 Å². The van der Waals surface area contributed by atoms with Crippen LogP contribution in [0.4, 0.5) is 0 Å². The molecule has 1 unspecified atom stereocenters. The third kappa shape index (κ3) is 5.10. The van der Waals surface area contributed by atoms with Crippen molar-refractivity contribution in [3.63, 3.8) is 0 Å². The minimum absolute atomic E-state index is 0.277. The fourth-order valence-electron chi connectivity index (χ4n) is 2.52. The molecule has 1 atom stereocenters. The van der Waals surface area contributed by atoms with Crippen LogP contribution in [0.3, 0.4) is 0 Å². The van der Waals surface area contributed by atoms with Crippen LogP contribution in [0, 0.1) is 0 Å². The van der Waals surface area contributed by atoms with Gasteiger partial charge < -0.3 is 14.2 Å². The lowest BCUT2D eigenvalue weighted by Gasteiger charge is -2.27. The second-order valence-corrected chi connectivity index (χ2v) is 6.95. The van der Waals surface area contributed by atoms with E-state index in [9.17, 15) is 14.4 Å². The van der Waals surface area contributed by atoms with Crippen molar-refractivity contribution < 1.29 is 28.6 Å². The summed E-state index contributed by atoms with van der Waals surface area (Å²) >= 11 is 0. The predicted molar refractivity (Wildman–Crippen MR) is 112 cm³/mol. The molecule has 156 valence electrons. The fraction of sp³-hybridized carbons (Fsp3) is 0.208. The van der Waals surface area contributed by atoms with Crippen molar-refractivity contribution in [3.05, 3.63) is 84.0 Å². The zero-order valence-electron chi connectivity index (χ0n) is 17.5. The summed E-state index contributed by atoms with van der Waals surface area (Å²) in [6.07, 6.45) is 0. The molecule has 0 fully saturated rings. The van der Waals surface area contributed by atoms with E-state index < -0.39 is 17.5 Å². The van der Waals surface area contributed by atoms with E-state index in [2.05, 4.69) is 13.2 Å². The molecule has 0 radical (unpaired) electrons. The van der Waals surface area contributed by atoms with Gasteiger partial charge in [0.1, 0.15) is 11.5 Å². The lowest BCUT2D eigenvalue weighted by molar-refractivity contribution is -0.130. The minimum Gasteiger partial charge on any atom is -0.423 e.